The van der Waals surface area contributed by atoms with Crippen LogP contribution in [0.3, 0.4) is 0 Å². The highest BCUT2D eigenvalue weighted by Crippen LogP contribution is 2.02. The summed E-state index contributed by atoms with van der Waals surface area (Å²) in [5.41, 5.74) is -0.220. The molecule has 6 heteroatoms. The Balaban J connectivity index is 2.77. The Morgan fingerprint density at radius 3 is 2.82 bits per heavy atom. The summed E-state index contributed by atoms with van der Waals surface area (Å²) in [5.74, 6) is 0.903. The molecule has 1 amide bonds. The van der Waals surface area contributed by atoms with E-state index in [2.05, 4.69) is 20.6 Å². The van der Waals surface area contributed by atoms with Crippen LogP contribution in [0.1, 0.15) is 26.6 Å². The van der Waals surface area contributed by atoms with E-state index in [-0.39, 0.29) is 11.5 Å². The van der Waals surface area contributed by atoms with Crippen molar-refractivity contribution in [1.82, 2.24) is 15.3 Å². The van der Waals surface area contributed by atoms with E-state index in [9.17, 15) is 9.59 Å². The maximum atomic E-state index is 11.5. The molecule has 0 aliphatic rings. The molecule has 1 atom stereocenters. The molecule has 0 saturated heterocycles. The molecule has 1 unspecified atom stereocenters. The molecule has 0 bridgehead atoms. The molecule has 0 saturated carbocycles. The second-order valence-electron chi connectivity index (χ2n) is 3.69. The number of rotatable bonds is 5. The molecular weight excluding hydrogens is 220 g/mol. The van der Waals surface area contributed by atoms with Gasteiger partial charge in [-0.05, 0) is 13.8 Å². The Bertz CT molecular complexity index is 441. The Kier molecular flexibility index (Phi) is 4.68. The lowest BCUT2D eigenvalue weighted by Gasteiger charge is -2.13. The molecule has 1 aromatic heterocycles. The molecule has 1 aromatic rings. The SMILES string of the molecule is CCNC(=O)C(C)Nc1cc(=O)[nH]c(CC)n1. The number of carbonyl (C=O) groups excluding carboxylic acids is 1. The number of hydrogen-bond donors (Lipinski definition) is 3. The summed E-state index contributed by atoms with van der Waals surface area (Å²) in [6, 6.07) is 0.920. The number of carbonyl (C=O) groups is 1. The van der Waals surface area contributed by atoms with Crippen LogP contribution in [0, 0.1) is 0 Å². The zero-order chi connectivity index (χ0) is 12.8. The van der Waals surface area contributed by atoms with E-state index in [0.29, 0.717) is 24.6 Å². The van der Waals surface area contributed by atoms with Gasteiger partial charge in [-0.2, -0.15) is 0 Å². The second-order valence-corrected chi connectivity index (χ2v) is 3.69. The van der Waals surface area contributed by atoms with Crippen LogP contribution in [-0.4, -0.2) is 28.5 Å². The average molecular weight is 238 g/mol. The van der Waals surface area contributed by atoms with E-state index in [1.54, 1.807) is 6.92 Å². The lowest BCUT2D eigenvalue weighted by molar-refractivity contribution is -0.121. The van der Waals surface area contributed by atoms with Crippen LogP contribution in [0.25, 0.3) is 0 Å². The van der Waals surface area contributed by atoms with E-state index < -0.39 is 6.04 Å². The van der Waals surface area contributed by atoms with Crippen LogP contribution >= 0.6 is 0 Å². The minimum Gasteiger partial charge on any atom is -0.358 e. The Hall–Kier alpha value is -1.85. The molecular formula is C11H18N4O2. The smallest absolute Gasteiger partial charge is 0.252 e. The van der Waals surface area contributed by atoms with Gasteiger partial charge in [0.15, 0.2) is 0 Å². The predicted octanol–water partition coefficient (Wildman–Crippen LogP) is 0.269. The van der Waals surface area contributed by atoms with Gasteiger partial charge in [-0.3, -0.25) is 9.59 Å². The zero-order valence-electron chi connectivity index (χ0n) is 10.3. The van der Waals surface area contributed by atoms with E-state index in [0.717, 1.165) is 0 Å². The number of nitrogens with one attached hydrogen (secondary N) is 3. The van der Waals surface area contributed by atoms with E-state index in [4.69, 9.17) is 0 Å². The van der Waals surface area contributed by atoms with Crippen molar-refractivity contribution in [2.45, 2.75) is 33.2 Å². The van der Waals surface area contributed by atoms with Gasteiger partial charge < -0.3 is 15.6 Å². The summed E-state index contributed by atoms with van der Waals surface area (Å²) in [6.07, 6.45) is 0.639. The van der Waals surface area contributed by atoms with Crippen LogP contribution in [0.15, 0.2) is 10.9 Å². The molecule has 1 heterocycles. The highest BCUT2D eigenvalue weighted by molar-refractivity contribution is 5.83. The predicted molar refractivity (Wildman–Crippen MR) is 66.0 cm³/mol. The molecule has 1 rings (SSSR count). The number of aryl methyl sites for hydroxylation is 1. The molecule has 94 valence electrons. The van der Waals surface area contributed by atoms with Crippen molar-refractivity contribution >= 4 is 11.7 Å². The third kappa shape index (κ3) is 3.90. The van der Waals surface area contributed by atoms with Gasteiger partial charge in [-0.25, -0.2) is 4.98 Å². The van der Waals surface area contributed by atoms with E-state index in [1.165, 1.54) is 6.07 Å². The largest absolute Gasteiger partial charge is 0.358 e. The summed E-state index contributed by atoms with van der Waals surface area (Å²) < 4.78 is 0. The van der Waals surface area contributed by atoms with Gasteiger partial charge in [0.2, 0.25) is 5.91 Å². The van der Waals surface area contributed by atoms with Crippen molar-refractivity contribution in [3.05, 3.63) is 22.2 Å². The third-order valence-corrected chi connectivity index (χ3v) is 2.23. The highest BCUT2D eigenvalue weighted by Gasteiger charge is 2.12. The molecule has 0 aliphatic carbocycles. The van der Waals surface area contributed by atoms with E-state index in [1.807, 2.05) is 13.8 Å². The van der Waals surface area contributed by atoms with Crippen LogP contribution < -0.4 is 16.2 Å². The van der Waals surface area contributed by atoms with Gasteiger partial charge in [0.05, 0.1) is 0 Å². The number of anilines is 1. The minimum absolute atomic E-state index is 0.118. The fourth-order valence-corrected chi connectivity index (χ4v) is 1.36. The first-order valence-electron chi connectivity index (χ1n) is 5.71. The van der Waals surface area contributed by atoms with Gasteiger partial charge in [0.25, 0.3) is 5.56 Å². The first-order chi connectivity index (χ1) is 8.06. The van der Waals surface area contributed by atoms with Crippen molar-refractivity contribution < 1.29 is 4.79 Å². The molecule has 0 spiro atoms. The van der Waals surface area contributed by atoms with Crippen molar-refractivity contribution in [2.75, 3.05) is 11.9 Å². The first-order valence-corrected chi connectivity index (χ1v) is 5.71. The highest BCUT2D eigenvalue weighted by atomic mass is 16.2. The van der Waals surface area contributed by atoms with Gasteiger partial charge in [0, 0.05) is 19.0 Å². The minimum atomic E-state index is -0.422. The number of aromatic amines is 1. The Labute approximate surface area is 99.8 Å². The monoisotopic (exact) mass is 238 g/mol. The third-order valence-electron chi connectivity index (χ3n) is 2.23. The summed E-state index contributed by atoms with van der Waals surface area (Å²) in [6.45, 7) is 6.05. The van der Waals surface area contributed by atoms with Gasteiger partial charge in [-0.1, -0.05) is 6.92 Å². The zero-order valence-corrected chi connectivity index (χ0v) is 10.3. The molecule has 0 radical (unpaired) electrons. The molecule has 0 fully saturated rings. The van der Waals surface area contributed by atoms with Crippen LogP contribution in [0.4, 0.5) is 5.82 Å². The Morgan fingerprint density at radius 1 is 1.53 bits per heavy atom. The van der Waals surface area contributed by atoms with Crippen molar-refractivity contribution in [1.29, 1.82) is 0 Å². The normalized spacial score (nSPS) is 11.9. The van der Waals surface area contributed by atoms with Gasteiger partial charge in [-0.15, -0.1) is 0 Å². The number of nitrogens with zero attached hydrogens (tertiary/aromatic N) is 1. The number of hydrogen-bond acceptors (Lipinski definition) is 4. The molecule has 0 aliphatic heterocycles. The number of H-pyrrole nitrogens is 1. The summed E-state index contributed by atoms with van der Waals surface area (Å²) in [4.78, 5) is 29.6. The number of aromatic nitrogens is 2. The van der Waals surface area contributed by atoms with Gasteiger partial charge >= 0.3 is 0 Å². The van der Waals surface area contributed by atoms with E-state index >= 15 is 0 Å². The molecule has 6 nitrogen and oxygen atoms in total. The Morgan fingerprint density at radius 2 is 2.24 bits per heavy atom. The lowest BCUT2D eigenvalue weighted by Crippen LogP contribution is -2.37. The summed E-state index contributed by atoms with van der Waals surface area (Å²) in [5, 5.41) is 5.59. The average Bonchev–Trinajstić information content (AvgIpc) is 2.28. The van der Waals surface area contributed by atoms with Crippen LogP contribution in [0.5, 0.6) is 0 Å². The lowest BCUT2D eigenvalue weighted by atomic mass is 10.3. The molecule has 3 N–H and O–H groups in total. The first kappa shape index (κ1) is 13.2. The topological polar surface area (TPSA) is 86.9 Å². The van der Waals surface area contributed by atoms with Gasteiger partial charge in [0.1, 0.15) is 17.7 Å². The second kappa shape index (κ2) is 6.03. The molecule has 0 aromatic carbocycles. The fourth-order valence-electron chi connectivity index (χ4n) is 1.36. The van der Waals surface area contributed by atoms with Crippen LogP contribution in [0.2, 0.25) is 0 Å². The fraction of sp³-hybridized carbons (Fsp3) is 0.545. The van der Waals surface area contributed by atoms with Crippen LogP contribution in [-0.2, 0) is 11.2 Å². The quantitative estimate of drug-likeness (QED) is 0.687. The number of likely N-dealkylation sites (N-methyl/N-ethyl adjacent to an activating group) is 1. The summed E-state index contributed by atoms with van der Waals surface area (Å²) in [7, 11) is 0. The summed E-state index contributed by atoms with van der Waals surface area (Å²) >= 11 is 0. The maximum Gasteiger partial charge on any atom is 0.252 e. The molecule has 17 heavy (non-hydrogen) atoms. The maximum absolute atomic E-state index is 11.5. The number of amides is 1. The van der Waals surface area contributed by atoms with Crippen molar-refractivity contribution in [3.63, 3.8) is 0 Å². The van der Waals surface area contributed by atoms with Crippen molar-refractivity contribution in [3.8, 4) is 0 Å². The van der Waals surface area contributed by atoms with Crippen molar-refractivity contribution in [2.24, 2.45) is 0 Å². The standard InChI is InChI=1S/C11H18N4O2/c1-4-8-14-9(6-10(16)15-8)13-7(3)11(17)12-5-2/h6-7H,4-5H2,1-3H3,(H,12,17)(H2,13,14,15,16).